The standard InChI is InChI=1S/C17H20N2O3/c1-10(2)16-18-14-9-19(7-6-15(14)22-16)17(21)13-5-4-12(20)8-11(13)3/h4-5,8,10,20H,6-7,9H2,1-3H3. The Kier molecular flexibility index (Phi) is 3.64. The molecule has 0 unspecified atom stereocenters. The zero-order chi connectivity index (χ0) is 15.9. The van der Waals surface area contributed by atoms with E-state index < -0.39 is 0 Å². The molecule has 0 saturated heterocycles. The number of aromatic hydroxyl groups is 1. The van der Waals surface area contributed by atoms with Crippen LogP contribution in [0.25, 0.3) is 0 Å². The lowest BCUT2D eigenvalue weighted by molar-refractivity contribution is 0.0727. The number of aromatic nitrogens is 1. The van der Waals surface area contributed by atoms with Crippen molar-refractivity contribution in [1.82, 2.24) is 9.88 Å². The van der Waals surface area contributed by atoms with Crippen molar-refractivity contribution >= 4 is 5.91 Å². The van der Waals surface area contributed by atoms with Crippen LogP contribution in [-0.4, -0.2) is 27.4 Å². The summed E-state index contributed by atoms with van der Waals surface area (Å²) in [5, 5.41) is 9.47. The summed E-state index contributed by atoms with van der Waals surface area (Å²) in [4.78, 5) is 19.0. The molecule has 0 bridgehead atoms. The molecule has 1 aromatic heterocycles. The second-order valence-electron chi connectivity index (χ2n) is 6.05. The number of nitrogens with zero attached hydrogens (tertiary/aromatic N) is 2. The summed E-state index contributed by atoms with van der Waals surface area (Å²) in [7, 11) is 0. The predicted molar refractivity (Wildman–Crippen MR) is 81.9 cm³/mol. The minimum Gasteiger partial charge on any atom is -0.508 e. The van der Waals surface area contributed by atoms with E-state index in [0.29, 0.717) is 25.1 Å². The van der Waals surface area contributed by atoms with Gasteiger partial charge in [-0.1, -0.05) is 13.8 Å². The molecule has 1 N–H and O–H groups in total. The zero-order valence-corrected chi connectivity index (χ0v) is 13.1. The quantitative estimate of drug-likeness (QED) is 0.926. The van der Waals surface area contributed by atoms with Crippen LogP contribution in [0.5, 0.6) is 5.75 Å². The first-order valence-electron chi connectivity index (χ1n) is 7.53. The Morgan fingerprint density at radius 1 is 1.41 bits per heavy atom. The van der Waals surface area contributed by atoms with Crippen molar-refractivity contribution in [3.05, 3.63) is 46.7 Å². The minimum absolute atomic E-state index is 0.0303. The Labute approximate surface area is 129 Å². The Bertz CT molecular complexity index is 719. The Hall–Kier alpha value is -2.30. The van der Waals surface area contributed by atoms with E-state index in [0.717, 1.165) is 22.9 Å². The molecule has 0 atom stereocenters. The van der Waals surface area contributed by atoms with Crippen molar-refractivity contribution < 1.29 is 14.3 Å². The van der Waals surface area contributed by atoms with Crippen LogP contribution in [0.15, 0.2) is 22.6 Å². The topological polar surface area (TPSA) is 66.6 Å². The summed E-state index contributed by atoms with van der Waals surface area (Å²) < 4.78 is 5.76. The number of oxazole rings is 1. The Morgan fingerprint density at radius 2 is 2.18 bits per heavy atom. The van der Waals surface area contributed by atoms with E-state index in [1.807, 2.05) is 20.8 Å². The fourth-order valence-electron chi connectivity index (χ4n) is 2.70. The summed E-state index contributed by atoms with van der Waals surface area (Å²) in [6, 6.07) is 4.82. The van der Waals surface area contributed by atoms with Gasteiger partial charge in [0.1, 0.15) is 17.2 Å². The fraction of sp³-hybridized carbons (Fsp3) is 0.412. The van der Waals surface area contributed by atoms with Crippen LogP contribution in [0.2, 0.25) is 0 Å². The molecule has 0 radical (unpaired) electrons. The lowest BCUT2D eigenvalue weighted by atomic mass is 10.1. The molecule has 0 spiro atoms. The van der Waals surface area contributed by atoms with Crippen LogP contribution in [-0.2, 0) is 13.0 Å². The van der Waals surface area contributed by atoms with E-state index >= 15 is 0 Å². The van der Waals surface area contributed by atoms with E-state index in [9.17, 15) is 9.90 Å². The number of hydrogen-bond acceptors (Lipinski definition) is 4. The number of phenols is 1. The van der Waals surface area contributed by atoms with Gasteiger partial charge in [-0.15, -0.1) is 0 Å². The van der Waals surface area contributed by atoms with Crippen molar-refractivity contribution in [1.29, 1.82) is 0 Å². The number of benzene rings is 1. The number of hydrogen-bond donors (Lipinski definition) is 1. The first-order valence-corrected chi connectivity index (χ1v) is 7.53. The van der Waals surface area contributed by atoms with Gasteiger partial charge in [-0.2, -0.15) is 0 Å². The second-order valence-corrected chi connectivity index (χ2v) is 6.05. The number of carbonyl (C=O) groups excluding carboxylic acids is 1. The number of fused-ring (bicyclic) bond motifs is 1. The largest absolute Gasteiger partial charge is 0.508 e. The number of phenolic OH excluding ortho intramolecular Hbond substituents is 1. The van der Waals surface area contributed by atoms with Crippen molar-refractivity contribution in [2.24, 2.45) is 0 Å². The van der Waals surface area contributed by atoms with E-state index in [2.05, 4.69) is 4.98 Å². The van der Waals surface area contributed by atoms with Crippen molar-refractivity contribution in [3.8, 4) is 5.75 Å². The Balaban J connectivity index is 1.83. The van der Waals surface area contributed by atoms with Gasteiger partial charge >= 0.3 is 0 Å². The molecule has 5 heteroatoms. The third kappa shape index (κ3) is 2.58. The molecule has 5 nitrogen and oxygen atoms in total. The number of amides is 1. The molecule has 2 aromatic rings. The third-order valence-electron chi connectivity index (χ3n) is 3.97. The number of aryl methyl sites for hydroxylation is 1. The van der Waals surface area contributed by atoms with Gasteiger partial charge in [0.2, 0.25) is 0 Å². The normalized spacial score (nSPS) is 14.3. The average Bonchev–Trinajstić information content (AvgIpc) is 2.89. The first kappa shape index (κ1) is 14.6. The molecular formula is C17H20N2O3. The molecule has 1 aromatic carbocycles. The Morgan fingerprint density at radius 3 is 2.86 bits per heavy atom. The van der Waals surface area contributed by atoms with Gasteiger partial charge in [0.25, 0.3) is 5.91 Å². The monoisotopic (exact) mass is 300 g/mol. The highest BCUT2D eigenvalue weighted by Crippen LogP contribution is 2.25. The molecule has 1 amide bonds. The van der Waals surface area contributed by atoms with Gasteiger partial charge in [0.05, 0.1) is 6.54 Å². The highest BCUT2D eigenvalue weighted by atomic mass is 16.4. The molecule has 3 rings (SSSR count). The van der Waals surface area contributed by atoms with Crippen LogP contribution in [0.1, 0.15) is 53.0 Å². The zero-order valence-electron chi connectivity index (χ0n) is 13.1. The van der Waals surface area contributed by atoms with E-state index in [1.165, 1.54) is 0 Å². The maximum atomic E-state index is 12.7. The number of carbonyl (C=O) groups is 1. The molecule has 0 fully saturated rings. The molecular weight excluding hydrogens is 280 g/mol. The van der Waals surface area contributed by atoms with Gasteiger partial charge < -0.3 is 14.4 Å². The van der Waals surface area contributed by atoms with Gasteiger partial charge in [0.15, 0.2) is 5.89 Å². The molecule has 116 valence electrons. The van der Waals surface area contributed by atoms with E-state index in [4.69, 9.17) is 4.42 Å². The lowest BCUT2D eigenvalue weighted by Crippen LogP contribution is -2.36. The van der Waals surface area contributed by atoms with Crippen LogP contribution in [0, 0.1) is 6.92 Å². The average molecular weight is 300 g/mol. The van der Waals surface area contributed by atoms with E-state index in [1.54, 1.807) is 23.1 Å². The number of rotatable bonds is 2. The minimum atomic E-state index is -0.0303. The van der Waals surface area contributed by atoms with Crippen LogP contribution < -0.4 is 0 Å². The predicted octanol–water partition coefficient (Wildman–Crippen LogP) is 3.01. The smallest absolute Gasteiger partial charge is 0.254 e. The summed E-state index contributed by atoms with van der Waals surface area (Å²) in [5.41, 5.74) is 2.26. The van der Waals surface area contributed by atoms with Gasteiger partial charge in [-0.3, -0.25) is 4.79 Å². The van der Waals surface area contributed by atoms with Crippen molar-refractivity contribution in [2.45, 2.75) is 39.7 Å². The second kappa shape index (κ2) is 5.48. The third-order valence-corrected chi connectivity index (χ3v) is 3.97. The SMILES string of the molecule is Cc1cc(O)ccc1C(=O)N1CCc2oc(C(C)C)nc2C1. The summed E-state index contributed by atoms with van der Waals surface area (Å²) in [6.45, 7) is 7.01. The summed E-state index contributed by atoms with van der Waals surface area (Å²) in [6.07, 6.45) is 0.692. The molecule has 2 heterocycles. The molecule has 1 aliphatic rings. The summed E-state index contributed by atoms with van der Waals surface area (Å²) >= 11 is 0. The maximum Gasteiger partial charge on any atom is 0.254 e. The highest BCUT2D eigenvalue weighted by molar-refractivity contribution is 5.95. The lowest BCUT2D eigenvalue weighted by Gasteiger charge is -2.26. The molecule has 1 aliphatic heterocycles. The van der Waals surface area contributed by atoms with Gasteiger partial charge in [-0.25, -0.2) is 4.98 Å². The first-order chi connectivity index (χ1) is 10.5. The molecule has 0 saturated carbocycles. The van der Waals surface area contributed by atoms with E-state index in [-0.39, 0.29) is 17.6 Å². The summed E-state index contributed by atoms with van der Waals surface area (Å²) in [5.74, 6) is 2.02. The van der Waals surface area contributed by atoms with Crippen molar-refractivity contribution in [3.63, 3.8) is 0 Å². The highest BCUT2D eigenvalue weighted by Gasteiger charge is 2.27. The van der Waals surface area contributed by atoms with Gasteiger partial charge in [0, 0.05) is 24.4 Å². The van der Waals surface area contributed by atoms with Crippen LogP contribution >= 0.6 is 0 Å². The molecule has 0 aliphatic carbocycles. The maximum absolute atomic E-state index is 12.7. The van der Waals surface area contributed by atoms with Crippen molar-refractivity contribution in [2.75, 3.05) is 6.54 Å². The van der Waals surface area contributed by atoms with Gasteiger partial charge in [-0.05, 0) is 30.7 Å². The fourth-order valence-corrected chi connectivity index (χ4v) is 2.70. The van der Waals surface area contributed by atoms with Crippen LogP contribution in [0.3, 0.4) is 0 Å². The van der Waals surface area contributed by atoms with Crippen LogP contribution in [0.4, 0.5) is 0 Å². The molecule has 22 heavy (non-hydrogen) atoms.